The van der Waals surface area contributed by atoms with Crippen LogP contribution in [0.2, 0.25) is 0 Å². The zero-order valence-corrected chi connectivity index (χ0v) is 9.99. The Morgan fingerprint density at radius 3 is 2.65 bits per heavy atom. The number of carbonyl (C=O) groups excluding carboxylic acids is 2. The Labute approximate surface area is 103 Å². The van der Waals surface area contributed by atoms with E-state index in [0.717, 1.165) is 0 Å². The highest BCUT2D eigenvalue weighted by atomic mass is 32.1. The van der Waals surface area contributed by atoms with Crippen molar-refractivity contribution in [3.63, 3.8) is 0 Å². The van der Waals surface area contributed by atoms with Gasteiger partial charge in [-0.15, -0.1) is 11.3 Å². The minimum absolute atomic E-state index is 0.0565. The first kappa shape index (κ1) is 11.5. The molecule has 0 radical (unpaired) electrons. The Morgan fingerprint density at radius 1 is 1.18 bits per heavy atom. The van der Waals surface area contributed by atoms with Crippen LogP contribution in [0.1, 0.15) is 27.0 Å². The SMILES string of the molecule is CC(=O)c1cccc(OC(=O)c2cccs2)c1. The predicted molar refractivity (Wildman–Crippen MR) is 65.7 cm³/mol. The van der Waals surface area contributed by atoms with Crippen molar-refractivity contribution in [3.8, 4) is 5.75 Å². The van der Waals surface area contributed by atoms with Crippen molar-refractivity contribution in [2.75, 3.05) is 0 Å². The van der Waals surface area contributed by atoms with Crippen LogP contribution in [-0.2, 0) is 0 Å². The second-order valence-electron chi connectivity index (χ2n) is 3.45. The van der Waals surface area contributed by atoms with Gasteiger partial charge in [0.25, 0.3) is 0 Å². The van der Waals surface area contributed by atoms with Crippen LogP contribution in [0.5, 0.6) is 5.75 Å². The van der Waals surface area contributed by atoms with E-state index in [-0.39, 0.29) is 5.78 Å². The molecule has 1 aromatic carbocycles. The van der Waals surface area contributed by atoms with Gasteiger partial charge in [0.15, 0.2) is 5.78 Å². The van der Waals surface area contributed by atoms with Gasteiger partial charge in [0.1, 0.15) is 10.6 Å². The van der Waals surface area contributed by atoms with Gasteiger partial charge in [0.2, 0.25) is 0 Å². The van der Waals surface area contributed by atoms with E-state index in [1.165, 1.54) is 18.3 Å². The summed E-state index contributed by atoms with van der Waals surface area (Å²) >= 11 is 1.32. The average molecular weight is 246 g/mol. The number of hydrogen-bond donors (Lipinski definition) is 0. The number of ketones is 1. The molecule has 17 heavy (non-hydrogen) atoms. The molecule has 4 heteroatoms. The summed E-state index contributed by atoms with van der Waals surface area (Å²) in [7, 11) is 0. The summed E-state index contributed by atoms with van der Waals surface area (Å²) in [6, 6.07) is 10.1. The highest BCUT2D eigenvalue weighted by molar-refractivity contribution is 7.12. The lowest BCUT2D eigenvalue weighted by Gasteiger charge is -2.03. The highest BCUT2D eigenvalue weighted by Gasteiger charge is 2.10. The number of benzene rings is 1. The second kappa shape index (κ2) is 4.93. The summed E-state index contributed by atoms with van der Waals surface area (Å²) in [5.74, 6) is -0.0733. The van der Waals surface area contributed by atoms with Crippen LogP contribution < -0.4 is 4.74 Å². The molecule has 0 bridgehead atoms. The van der Waals surface area contributed by atoms with Crippen LogP contribution in [0.3, 0.4) is 0 Å². The summed E-state index contributed by atoms with van der Waals surface area (Å²) < 4.78 is 5.17. The minimum atomic E-state index is -0.402. The third-order valence-electron chi connectivity index (χ3n) is 2.17. The Balaban J connectivity index is 2.16. The molecule has 1 aromatic heterocycles. The lowest BCUT2D eigenvalue weighted by molar-refractivity contribution is 0.0738. The average Bonchev–Trinajstić information content (AvgIpc) is 2.82. The van der Waals surface area contributed by atoms with Crippen LogP contribution in [0.15, 0.2) is 41.8 Å². The van der Waals surface area contributed by atoms with Gasteiger partial charge in [-0.25, -0.2) is 4.79 Å². The zero-order valence-electron chi connectivity index (χ0n) is 9.17. The summed E-state index contributed by atoms with van der Waals surface area (Å²) in [4.78, 5) is 23.4. The third-order valence-corrected chi connectivity index (χ3v) is 3.02. The molecular formula is C13H10O3S. The van der Waals surface area contributed by atoms with E-state index in [2.05, 4.69) is 0 Å². The van der Waals surface area contributed by atoms with Gasteiger partial charge in [-0.1, -0.05) is 18.2 Å². The fraction of sp³-hybridized carbons (Fsp3) is 0.0769. The first-order valence-electron chi connectivity index (χ1n) is 5.03. The maximum atomic E-state index is 11.7. The number of carbonyl (C=O) groups is 2. The van der Waals surface area contributed by atoms with Gasteiger partial charge in [0.05, 0.1) is 0 Å². The topological polar surface area (TPSA) is 43.4 Å². The van der Waals surface area contributed by atoms with Crippen LogP contribution in [0.25, 0.3) is 0 Å². The molecule has 0 aliphatic carbocycles. The lowest BCUT2D eigenvalue weighted by Crippen LogP contribution is -2.06. The number of Topliss-reactive ketones (excluding diaryl/α,β-unsaturated/α-hetero) is 1. The second-order valence-corrected chi connectivity index (χ2v) is 4.40. The zero-order chi connectivity index (χ0) is 12.3. The maximum Gasteiger partial charge on any atom is 0.353 e. The molecule has 0 amide bonds. The number of thiophene rings is 1. The summed E-state index contributed by atoms with van der Waals surface area (Å²) in [5.41, 5.74) is 0.529. The monoisotopic (exact) mass is 246 g/mol. The van der Waals surface area contributed by atoms with E-state index in [9.17, 15) is 9.59 Å². The molecule has 3 nitrogen and oxygen atoms in total. The maximum absolute atomic E-state index is 11.7. The fourth-order valence-corrected chi connectivity index (χ4v) is 1.93. The molecule has 2 aromatic rings. The third kappa shape index (κ3) is 2.79. The smallest absolute Gasteiger partial charge is 0.353 e. The number of ether oxygens (including phenoxy) is 1. The Hall–Kier alpha value is -1.94. The lowest BCUT2D eigenvalue weighted by atomic mass is 10.1. The largest absolute Gasteiger partial charge is 0.422 e. The van der Waals surface area contributed by atoms with E-state index in [1.807, 2.05) is 5.38 Å². The van der Waals surface area contributed by atoms with E-state index >= 15 is 0 Å². The Morgan fingerprint density at radius 2 is 2.00 bits per heavy atom. The molecule has 0 spiro atoms. The van der Waals surface area contributed by atoms with Crippen molar-refractivity contribution >= 4 is 23.1 Å². The number of hydrogen-bond acceptors (Lipinski definition) is 4. The molecule has 0 atom stereocenters. The molecule has 0 fully saturated rings. The molecule has 0 unspecified atom stereocenters. The first-order valence-corrected chi connectivity index (χ1v) is 5.91. The molecule has 0 aliphatic heterocycles. The molecule has 86 valence electrons. The molecular weight excluding hydrogens is 236 g/mol. The summed E-state index contributed by atoms with van der Waals surface area (Å²) in [6.07, 6.45) is 0. The van der Waals surface area contributed by atoms with Crippen LogP contribution in [0, 0.1) is 0 Å². The van der Waals surface area contributed by atoms with Crippen molar-refractivity contribution in [1.82, 2.24) is 0 Å². The fourth-order valence-electron chi connectivity index (χ4n) is 1.33. The van der Waals surface area contributed by atoms with Gasteiger partial charge in [-0.2, -0.15) is 0 Å². The highest BCUT2D eigenvalue weighted by Crippen LogP contribution is 2.17. The first-order chi connectivity index (χ1) is 8.16. The normalized spacial score (nSPS) is 9.94. The van der Waals surface area contributed by atoms with Gasteiger partial charge >= 0.3 is 5.97 Å². The van der Waals surface area contributed by atoms with Crippen LogP contribution in [0.4, 0.5) is 0 Å². The van der Waals surface area contributed by atoms with Gasteiger partial charge in [0, 0.05) is 5.56 Å². The summed E-state index contributed by atoms with van der Waals surface area (Å²) in [6.45, 7) is 1.47. The molecule has 0 N–H and O–H groups in total. The Kier molecular flexibility index (Phi) is 3.35. The minimum Gasteiger partial charge on any atom is -0.422 e. The molecule has 1 heterocycles. The standard InChI is InChI=1S/C13H10O3S/c1-9(14)10-4-2-5-11(8-10)16-13(15)12-6-3-7-17-12/h2-8H,1H3. The van der Waals surface area contributed by atoms with E-state index in [1.54, 1.807) is 36.4 Å². The Bertz CT molecular complexity index is 544. The molecule has 2 rings (SSSR count). The molecule has 0 saturated heterocycles. The van der Waals surface area contributed by atoms with E-state index < -0.39 is 5.97 Å². The number of esters is 1. The molecule has 0 aliphatic rings. The number of rotatable bonds is 3. The van der Waals surface area contributed by atoms with Crippen LogP contribution >= 0.6 is 11.3 Å². The van der Waals surface area contributed by atoms with Gasteiger partial charge in [-0.05, 0) is 30.5 Å². The van der Waals surface area contributed by atoms with Crippen molar-refractivity contribution < 1.29 is 14.3 Å². The quantitative estimate of drug-likeness (QED) is 0.474. The summed E-state index contributed by atoms with van der Waals surface area (Å²) in [5, 5.41) is 1.81. The van der Waals surface area contributed by atoms with Gasteiger partial charge < -0.3 is 4.74 Å². The molecule has 0 saturated carbocycles. The van der Waals surface area contributed by atoms with Crippen molar-refractivity contribution in [2.24, 2.45) is 0 Å². The van der Waals surface area contributed by atoms with Gasteiger partial charge in [-0.3, -0.25) is 4.79 Å². The van der Waals surface area contributed by atoms with Crippen molar-refractivity contribution in [3.05, 3.63) is 52.2 Å². The van der Waals surface area contributed by atoms with Crippen molar-refractivity contribution in [2.45, 2.75) is 6.92 Å². The van der Waals surface area contributed by atoms with E-state index in [0.29, 0.717) is 16.2 Å². The predicted octanol–water partition coefficient (Wildman–Crippen LogP) is 3.17. The van der Waals surface area contributed by atoms with Crippen LogP contribution in [-0.4, -0.2) is 11.8 Å². The van der Waals surface area contributed by atoms with Crippen molar-refractivity contribution in [1.29, 1.82) is 0 Å². The van der Waals surface area contributed by atoms with E-state index in [4.69, 9.17) is 4.74 Å².